The van der Waals surface area contributed by atoms with Gasteiger partial charge >= 0.3 is 5.97 Å². The first-order chi connectivity index (χ1) is 17.8. The van der Waals surface area contributed by atoms with E-state index < -0.39 is 5.97 Å². The fourth-order valence-electron chi connectivity index (χ4n) is 4.42. The zero-order valence-electron chi connectivity index (χ0n) is 23.1. The molecule has 0 atom stereocenters. The van der Waals surface area contributed by atoms with Crippen LogP contribution in [-0.2, 0) is 9.47 Å². The second-order valence-electron chi connectivity index (χ2n) is 9.76. The number of aromatic nitrogens is 2. The standard InChI is InChI=1S/C28H42N6O3/c1-7-9-14-33(5)24-17-20(10-13-30-24)31-27-25(26(29)19(3)4)23(18-22(32-27)28(35)37-8-2)34-15-11-21(36-6)12-16-34/h10,13,17-19,21,29H,7-9,11-12,14-16H2,1-6H3,(H,30,31,32). The number of rotatable bonds is 12. The SMILES string of the molecule is CCCCN(C)c1cc(Nc2nc(C(=O)OCC)cc(N3CCC(OC)CC3)c2C(=N)C(C)C)ccn1. The van der Waals surface area contributed by atoms with Crippen molar-refractivity contribution in [2.24, 2.45) is 5.92 Å². The van der Waals surface area contributed by atoms with E-state index in [0.29, 0.717) is 17.1 Å². The molecule has 0 saturated carbocycles. The molecule has 3 heterocycles. The van der Waals surface area contributed by atoms with Gasteiger partial charge in [0, 0.05) is 57.5 Å². The maximum atomic E-state index is 12.8. The van der Waals surface area contributed by atoms with E-state index in [-0.39, 0.29) is 24.3 Å². The van der Waals surface area contributed by atoms with E-state index >= 15 is 0 Å². The van der Waals surface area contributed by atoms with Gasteiger partial charge in [0.25, 0.3) is 0 Å². The van der Waals surface area contributed by atoms with E-state index in [4.69, 9.17) is 14.9 Å². The Morgan fingerprint density at radius 2 is 2.00 bits per heavy atom. The number of nitrogens with zero attached hydrogens (tertiary/aromatic N) is 4. The topological polar surface area (TPSA) is 104 Å². The molecule has 1 fully saturated rings. The first-order valence-electron chi connectivity index (χ1n) is 13.3. The molecule has 37 heavy (non-hydrogen) atoms. The molecule has 0 aliphatic carbocycles. The van der Waals surface area contributed by atoms with Gasteiger partial charge in [-0.15, -0.1) is 0 Å². The van der Waals surface area contributed by atoms with Gasteiger partial charge in [0.05, 0.1) is 24.0 Å². The zero-order valence-corrected chi connectivity index (χ0v) is 23.1. The smallest absolute Gasteiger partial charge is 0.357 e. The van der Waals surface area contributed by atoms with Gasteiger partial charge in [-0.05, 0) is 44.2 Å². The minimum atomic E-state index is -0.476. The fraction of sp³-hybridized carbons (Fsp3) is 0.571. The molecule has 9 heteroatoms. The highest BCUT2D eigenvalue weighted by molar-refractivity contribution is 6.09. The number of esters is 1. The Kier molecular flexibility index (Phi) is 10.3. The average Bonchev–Trinajstić information content (AvgIpc) is 2.91. The quantitative estimate of drug-likeness (QED) is 0.294. The summed E-state index contributed by atoms with van der Waals surface area (Å²) in [5.74, 6) is 0.819. The number of methoxy groups -OCH3 is 1. The summed E-state index contributed by atoms with van der Waals surface area (Å²) in [4.78, 5) is 26.4. The van der Waals surface area contributed by atoms with Crippen LogP contribution in [-0.4, -0.2) is 68.2 Å². The van der Waals surface area contributed by atoms with Gasteiger partial charge in [-0.25, -0.2) is 14.8 Å². The lowest BCUT2D eigenvalue weighted by Crippen LogP contribution is -2.38. The van der Waals surface area contributed by atoms with Crippen molar-refractivity contribution in [3.8, 4) is 0 Å². The summed E-state index contributed by atoms with van der Waals surface area (Å²) in [5.41, 5.74) is 3.01. The molecule has 0 amide bonds. The third kappa shape index (κ3) is 7.19. The van der Waals surface area contributed by atoms with Gasteiger partial charge in [-0.3, -0.25) is 0 Å². The summed E-state index contributed by atoms with van der Waals surface area (Å²) in [6.07, 6.45) is 5.92. The Hall–Kier alpha value is -3.20. The Labute approximate surface area is 221 Å². The highest BCUT2D eigenvalue weighted by Crippen LogP contribution is 2.34. The third-order valence-corrected chi connectivity index (χ3v) is 6.69. The summed E-state index contributed by atoms with van der Waals surface area (Å²) in [5, 5.41) is 12.4. The molecule has 0 spiro atoms. The van der Waals surface area contributed by atoms with Crippen molar-refractivity contribution in [3.63, 3.8) is 0 Å². The van der Waals surface area contributed by atoms with Crippen LogP contribution in [0.3, 0.4) is 0 Å². The van der Waals surface area contributed by atoms with Crippen LogP contribution in [0.1, 0.15) is 69.4 Å². The molecular formula is C28H42N6O3. The Morgan fingerprint density at radius 1 is 1.27 bits per heavy atom. The summed E-state index contributed by atoms with van der Waals surface area (Å²) in [6.45, 7) is 10.7. The maximum absolute atomic E-state index is 12.8. The molecule has 9 nitrogen and oxygen atoms in total. The molecule has 2 N–H and O–H groups in total. The van der Waals surface area contributed by atoms with E-state index in [2.05, 4.69) is 32.0 Å². The lowest BCUT2D eigenvalue weighted by Gasteiger charge is -2.35. The number of pyridine rings is 2. The van der Waals surface area contributed by atoms with Crippen molar-refractivity contribution in [2.45, 2.75) is 59.5 Å². The van der Waals surface area contributed by atoms with E-state index in [1.807, 2.05) is 33.0 Å². The van der Waals surface area contributed by atoms with Crippen LogP contribution >= 0.6 is 0 Å². The monoisotopic (exact) mass is 510 g/mol. The molecule has 3 rings (SSSR count). The molecule has 2 aromatic heterocycles. The molecule has 1 aliphatic rings. The Balaban J connectivity index is 2.09. The molecular weight excluding hydrogens is 468 g/mol. The summed E-state index contributed by atoms with van der Waals surface area (Å²) >= 11 is 0. The minimum absolute atomic E-state index is 0.0285. The number of hydrogen-bond donors (Lipinski definition) is 2. The van der Waals surface area contributed by atoms with Crippen LogP contribution < -0.4 is 15.1 Å². The van der Waals surface area contributed by atoms with Gasteiger partial charge < -0.3 is 30.0 Å². The molecule has 1 saturated heterocycles. The first kappa shape index (κ1) is 28.4. The van der Waals surface area contributed by atoms with E-state index in [9.17, 15) is 4.79 Å². The minimum Gasteiger partial charge on any atom is -0.461 e. The third-order valence-electron chi connectivity index (χ3n) is 6.69. The number of carbonyl (C=O) groups is 1. The fourth-order valence-corrected chi connectivity index (χ4v) is 4.42. The lowest BCUT2D eigenvalue weighted by molar-refractivity contribution is 0.0519. The number of ether oxygens (including phenoxy) is 2. The highest BCUT2D eigenvalue weighted by atomic mass is 16.5. The van der Waals surface area contributed by atoms with Crippen LogP contribution in [0.5, 0.6) is 0 Å². The molecule has 0 bridgehead atoms. The second-order valence-corrected chi connectivity index (χ2v) is 9.76. The van der Waals surface area contributed by atoms with Crippen LogP contribution in [0.25, 0.3) is 0 Å². The summed E-state index contributed by atoms with van der Waals surface area (Å²) in [6, 6.07) is 5.63. The molecule has 0 unspecified atom stereocenters. The predicted molar refractivity (Wildman–Crippen MR) is 150 cm³/mol. The van der Waals surface area contributed by atoms with Gasteiger partial charge in [-0.1, -0.05) is 27.2 Å². The van der Waals surface area contributed by atoms with Crippen LogP contribution in [0.4, 0.5) is 23.0 Å². The van der Waals surface area contributed by atoms with Crippen molar-refractivity contribution in [2.75, 3.05) is 55.5 Å². The number of hydrogen-bond acceptors (Lipinski definition) is 9. The molecule has 0 aromatic carbocycles. The van der Waals surface area contributed by atoms with Crippen LogP contribution in [0.15, 0.2) is 24.4 Å². The van der Waals surface area contributed by atoms with Crippen molar-refractivity contribution in [3.05, 3.63) is 35.7 Å². The number of anilines is 4. The number of nitrogens with one attached hydrogen (secondary N) is 2. The van der Waals surface area contributed by atoms with Crippen LogP contribution in [0.2, 0.25) is 0 Å². The number of piperidine rings is 1. The normalized spacial score (nSPS) is 14.1. The molecule has 1 aliphatic heterocycles. The van der Waals surface area contributed by atoms with Gasteiger partial charge in [0.2, 0.25) is 0 Å². The van der Waals surface area contributed by atoms with E-state index in [1.165, 1.54) is 0 Å². The predicted octanol–water partition coefficient (Wildman–Crippen LogP) is 5.27. The molecule has 0 radical (unpaired) electrons. The Morgan fingerprint density at radius 3 is 2.62 bits per heavy atom. The average molecular weight is 511 g/mol. The lowest BCUT2D eigenvalue weighted by atomic mass is 9.96. The van der Waals surface area contributed by atoms with E-state index in [1.54, 1.807) is 26.3 Å². The highest BCUT2D eigenvalue weighted by Gasteiger charge is 2.28. The summed E-state index contributed by atoms with van der Waals surface area (Å²) < 4.78 is 10.9. The van der Waals surface area contributed by atoms with Crippen molar-refractivity contribution < 1.29 is 14.3 Å². The largest absolute Gasteiger partial charge is 0.461 e. The Bertz CT molecular complexity index is 1070. The second kappa shape index (κ2) is 13.4. The summed E-state index contributed by atoms with van der Waals surface area (Å²) in [7, 11) is 3.78. The zero-order chi connectivity index (χ0) is 26.9. The van der Waals surface area contributed by atoms with Crippen LogP contribution in [0, 0.1) is 11.3 Å². The number of carbonyl (C=O) groups excluding carboxylic acids is 1. The van der Waals surface area contributed by atoms with Crippen molar-refractivity contribution in [1.82, 2.24) is 9.97 Å². The first-order valence-corrected chi connectivity index (χ1v) is 13.3. The van der Waals surface area contributed by atoms with Crippen molar-refractivity contribution >= 4 is 34.7 Å². The van der Waals surface area contributed by atoms with E-state index in [0.717, 1.165) is 62.5 Å². The van der Waals surface area contributed by atoms with Gasteiger partial charge in [0.1, 0.15) is 11.6 Å². The van der Waals surface area contributed by atoms with Gasteiger partial charge in [-0.2, -0.15) is 0 Å². The number of unbranched alkanes of at least 4 members (excludes halogenated alkanes) is 1. The van der Waals surface area contributed by atoms with Crippen molar-refractivity contribution in [1.29, 1.82) is 5.41 Å². The molecule has 2 aromatic rings. The maximum Gasteiger partial charge on any atom is 0.357 e. The molecule has 202 valence electrons. The van der Waals surface area contributed by atoms with Gasteiger partial charge in [0.15, 0.2) is 5.69 Å².